The van der Waals surface area contributed by atoms with Crippen LogP contribution in [0.3, 0.4) is 0 Å². The molecule has 0 spiro atoms. The monoisotopic (exact) mass is 436 g/mol. The summed E-state index contributed by atoms with van der Waals surface area (Å²) in [7, 11) is 0. The van der Waals surface area contributed by atoms with E-state index in [1.165, 1.54) is 12.1 Å². The van der Waals surface area contributed by atoms with Gasteiger partial charge in [-0.25, -0.2) is 4.39 Å². The molecule has 1 heterocycles. The number of rotatable bonds is 5. The number of nitrogens with one attached hydrogen (secondary N) is 1. The lowest BCUT2D eigenvalue weighted by Gasteiger charge is -2.31. The maximum Gasteiger partial charge on any atom is 0.244 e. The average Bonchev–Trinajstić information content (AvgIpc) is 2.91. The normalized spacial score (nSPS) is 15.7. The number of hydrogen-bond acceptors (Lipinski definition) is 2. The first-order valence-electron chi connectivity index (χ1n) is 10.2. The molecule has 1 aliphatic rings. The number of fused-ring (bicyclic) bond motifs is 1. The lowest BCUT2D eigenvalue weighted by atomic mass is 9.95. The van der Waals surface area contributed by atoms with E-state index >= 15 is 0 Å². The summed E-state index contributed by atoms with van der Waals surface area (Å²) in [4.78, 5) is 27.4. The minimum absolute atomic E-state index is 0.0848. The summed E-state index contributed by atoms with van der Waals surface area (Å²) >= 11 is 6.25. The van der Waals surface area contributed by atoms with Crippen LogP contribution in [-0.2, 0) is 16.0 Å². The number of nitrogens with zero attached hydrogens (tertiary/aromatic N) is 1. The Labute approximate surface area is 185 Å². The molecule has 0 fully saturated rings. The third-order valence-corrected chi connectivity index (χ3v) is 5.65. The highest BCUT2D eigenvalue weighted by Crippen LogP contribution is 2.37. The van der Waals surface area contributed by atoms with Crippen LogP contribution >= 0.6 is 11.6 Å². The van der Waals surface area contributed by atoms with Gasteiger partial charge in [0.2, 0.25) is 11.8 Å². The van der Waals surface area contributed by atoms with Crippen molar-refractivity contribution < 1.29 is 14.0 Å². The minimum atomic E-state index is -0.544. The Bertz CT molecular complexity index is 1090. The molecule has 0 aliphatic carbocycles. The predicted octanol–water partition coefficient (Wildman–Crippen LogP) is 5.37. The largest absolute Gasteiger partial charge is 0.324 e. The van der Waals surface area contributed by atoms with Crippen LogP contribution in [0.25, 0.3) is 0 Å². The zero-order valence-corrected chi connectivity index (χ0v) is 17.6. The highest BCUT2D eigenvalue weighted by Gasteiger charge is 2.33. The van der Waals surface area contributed by atoms with E-state index in [9.17, 15) is 14.0 Å². The van der Waals surface area contributed by atoms with E-state index in [2.05, 4.69) is 5.32 Å². The van der Waals surface area contributed by atoms with E-state index in [0.717, 1.165) is 17.5 Å². The zero-order chi connectivity index (χ0) is 21.8. The van der Waals surface area contributed by atoms with Crippen molar-refractivity contribution in [3.05, 3.63) is 100 Å². The molecular formula is C25H22ClFN2O2. The van der Waals surface area contributed by atoms with Crippen LogP contribution in [0.5, 0.6) is 0 Å². The van der Waals surface area contributed by atoms with Crippen molar-refractivity contribution in [2.24, 2.45) is 0 Å². The topological polar surface area (TPSA) is 49.4 Å². The molecule has 0 saturated carbocycles. The fourth-order valence-electron chi connectivity index (χ4n) is 3.95. The third kappa shape index (κ3) is 4.94. The first kappa shape index (κ1) is 21.1. The maximum absolute atomic E-state index is 13.6. The first-order valence-corrected chi connectivity index (χ1v) is 10.6. The van der Waals surface area contributed by atoms with Crippen LogP contribution in [0.2, 0.25) is 5.02 Å². The molecular weight excluding hydrogens is 415 g/mol. The van der Waals surface area contributed by atoms with E-state index in [1.807, 2.05) is 30.3 Å². The Morgan fingerprint density at radius 2 is 1.81 bits per heavy atom. The van der Waals surface area contributed by atoms with Gasteiger partial charge in [0.05, 0.1) is 6.04 Å². The number of hydrogen-bond donors (Lipinski definition) is 1. The smallest absolute Gasteiger partial charge is 0.244 e. The molecule has 0 radical (unpaired) electrons. The van der Waals surface area contributed by atoms with Gasteiger partial charge in [-0.15, -0.1) is 0 Å². The van der Waals surface area contributed by atoms with Gasteiger partial charge in [0.1, 0.15) is 12.4 Å². The molecule has 4 rings (SSSR count). The van der Waals surface area contributed by atoms with Crippen molar-refractivity contribution in [3.8, 4) is 0 Å². The SMILES string of the molecule is O=C1CN(C(=O)CCCc2ccccc2)[C@H](c2ccc(F)cc2)c2cc(Cl)ccc2N1. The highest BCUT2D eigenvalue weighted by molar-refractivity contribution is 6.30. The number of benzene rings is 3. The molecule has 0 bridgehead atoms. The first-order chi connectivity index (χ1) is 15.0. The molecule has 6 heteroatoms. The van der Waals surface area contributed by atoms with Gasteiger partial charge in [-0.05, 0) is 54.3 Å². The molecule has 0 unspecified atom stereocenters. The summed E-state index contributed by atoms with van der Waals surface area (Å²) in [5.41, 5.74) is 3.19. The van der Waals surface area contributed by atoms with Crippen LogP contribution < -0.4 is 5.32 Å². The number of carbonyl (C=O) groups is 2. The summed E-state index contributed by atoms with van der Waals surface area (Å²) in [5, 5.41) is 3.36. The van der Waals surface area contributed by atoms with Crippen molar-refractivity contribution in [1.82, 2.24) is 4.90 Å². The lowest BCUT2D eigenvalue weighted by Crippen LogP contribution is -2.38. The second kappa shape index (κ2) is 9.31. The van der Waals surface area contributed by atoms with Crippen LogP contribution in [0, 0.1) is 5.82 Å². The molecule has 0 aromatic heterocycles. The van der Waals surface area contributed by atoms with E-state index in [4.69, 9.17) is 11.6 Å². The number of carbonyl (C=O) groups excluding carboxylic acids is 2. The number of halogens is 2. The van der Waals surface area contributed by atoms with Crippen LogP contribution in [0.15, 0.2) is 72.8 Å². The van der Waals surface area contributed by atoms with E-state index < -0.39 is 6.04 Å². The molecule has 31 heavy (non-hydrogen) atoms. The van der Waals surface area contributed by atoms with Gasteiger partial charge in [-0.1, -0.05) is 54.1 Å². The van der Waals surface area contributed by atoms with Gasteiger partial charge < -0.3 is 10.2 Å². The predicted molar refractivity (Wildman–Crippen MR) is 119 cm³/mol. The van der Waals surface area contributed by atoms with Crippen molar-refractivity contribution >= 4 is 29.1 Å². The Hall–Kier alpha value is -3.18. The molecule has 1 N–H and O–H groups in total. The molecule has 3 aromatic carbocycles. The van der Waals surface area contributed by atoms with E-state index in [1.54, 1.807) is 35.2 Å². The second-order valence-corrected chi connectivity index (χ2v) is 8.03. The fourth-order valence-corrected chi connectivity index (χ4v) is 4.13. The minimum Gasteiger partial charge on any atom is -0.324 e. The molecule has 3 aromatic rings. The highest BCUT2D eigenvalue weighted by atomic mass is 35.5. The second-order valence-electron chi connectivity index (χ2n) is 7.59. The molecule has 2 amide bonds. The van der Waals surface area contributed by atoms with Gasteiger partial charge in [0, 0.05) is 22.7 Å². The quantitative estimate of drug-likeness (QED) is 0.584. The summed E-state index contributed by atoms with van der Waals surface area (Å²) < 4.78 is 13.6. The Kier molecular flexibility index (Phi) is 6.33. The van der Waals surface area contributed by atoms with Crippen molar-refractivity contribution in [2.45, 2.75) is 25.3 Å². The summed E-state index contributed by atoms with van der Waals surface area (Å²) in [6, 6.07) is 20.6. The third-order valence-electron chi connectivity index (χ3n) is 5.41. The molecule has 158 valence electrons. The molecule has 4 nitrogen and oxygen atoms in total. The maximum atomic E-state index is 13.6. The number of anilines is 1. The van der Waals surface area contributed by atoms with E-state index in [0.29, 0.717) is 29.1 Å². The van der Waals surface area contributed by atoms with Crippen LogP contribution in [-0.4, -0.2) is 23.3 Å². The van der Waals surface area contributed by atoms with Crippen molar-refractivity contribution in [1.29, 1.82) is 0 Å². The zero-order valence-electron chi connectivity index (χ0n) is 16.9. The molecule has 0 saturated heterocycles. The van der Waals surface area contributed by atoms with Gasteiger partial charge in [-0.2, -0.15) is 0 Å². The molecule has 1 aliphatic heterocycles. The summed E-state index contributed by atoms with van der Waals surface area (Å²) in [6.45, 7) is -0.0848. The number of amides is 2. The molecule has 1 atom stereocenters. The van der Waals surface area contributed by atoms with Gasteiger partial charge in [0.15, 0.2) is 0 Å². The Balaban J connectivity index is 1.65. The van der Waals surface area contributed by atoms with Crippen LogP contribution in [0.1, 0.15) is 35.6 Å². The van der Waals surface area contributed by atoms with Gasteiger partial charge in [0.25, 0.3) is 0 Å². The summed E-state index contributed by atoms with van der Waals surface area (Å²) in [5.74, 6) is -0.767. The van der Waals surface area contributed by atoms with Gasteiger partial charge in [-0.3, -0.25) is 9.59 Å². The van der Waals surface area contributed by atoms with E-state index in [-0.39, 0.29) is 24.2 Å². The summed E-state index contributed by atoms with van der Waals surface area (Å²) in [6.07, 6.45) is 1.74. The van der Waals surface area contributed by atoms with Crippen molar-refractivity contribution in [2.75, 3.05) is 11.9 Å². The Morgan fingerprint density at radius 3 is 2.55 bits per heavy atom. The standard InChI is InChI=1S/C25H22ClFN2O2/c26-19-11-14-22-21(15-19)25(18-9-12-20(27)13-10-18)29(16-23(30)28-22)24(31)8-4-7-17-5-2-1-3-6-17/h1-3,5-6,9-15,25H,4,7-8,16H2,(H,28,30)/t25-/m1/s1. The fraction of sp³-hybridized carbons (Fsp3) is 0.200. The lowest BCUT2D eigenvalue weighted by molar-refractivity contribution is -0.136. The average molecular weight is 437 g/mol. The Morgan fingerprint density at radius 1 is 1.06 bits per heavy atom. The van der Waals surface area contributed by atoms with Crippen LogP contribution in [0.4, 0.5) is 10.1 Å². The van der Waals surface area contributed by atoms with Gasteiger partial charge >= 0.3 is 0 Å². The van der Waals surface area contributed by atoms with Crippen molar-refractivity contribution in [3.63, 3.8) is 0 Å². The number of aryl methyl sites for hydroxylation is 1.